The van der Waals surface area contributed by atoms with Gasteiger partial charge in [0.2, 0.25) is 0 Å². The predicted molar refractivity (Wildman–Crippen MR) is 95.5 cm³/mol. The number of amides is 1. The molecule has 0 spiro atoms. The average Bonchev–Trinajstić information content (AvgIpc) is 2.95. The molecule has 1 amide bonds. The number of fused-ring (bicyclic) bond motifs is 1. The van der Waals surface area contributed by atoms with E-state index in [4.69, 9.17) is 16.0 Å². The fourth-order valence-corrected chi connectivity index (χ4v) is 2.63. The first-order valence-corrected chi connectivity index (χ1v) is 8.37. The van der Waals surface area contributed by atoms with Crippen molar-refractivity contribution in [2.24, 2.45) is 0 Å². The third kappa shape index (κ3) is 3.77. The van der Waals surface area contributed by atoms with Crippen LogP contribution in [-0.4, -0.2) is 16.9 Å². The van der Waals surface area contributed by atoms with Gasteiger partial charge in [-0.1, -0.05) is 30.7 Å². The zero-order valence-corrected chi connectivity index (χ0v) is 14.4. The molecular formula is C19H19ClN2O2. The van der Waals surface area contributed by atoms with E-state index >= 15 is 0 Å². The van der Waals surface area contributed by atoms with E-state index in [1.54, 1.807) is 12.1 Å². The molecule has 5 heteroatoms. The first kappa shape index (κ1) is 16.5. The smallest absolute Gasteiger partial charge is 0.251 e. The van der Waals surface area contributed by atoms with Crippen molar-refractivity contribution in [1.29, 1.82) is 0 Å². The van der Waals surface area contributed by atoms with Crippen molar-refractivity contribution in [2.75, 3.05) is 0 Å². The number of rotatable bonds is 5. The highest BCUT2D eigenvalue weighted by Gasteiger charge is 2.12. The summed E-state index contributed by atoms with van der Waals surface area (Å²) in [6.07, 6.45) is 1.45. The van der Waals surface area contributed by atoms with Crippen LogP contribution in [0, 0.1) is 0 Å². The van der Waals surface area contributed by atoms with Gasteiger partial charge in [0.15, 0.2) is 11.5 Å². The lowest BCUT2D eigenvalue weighted by molar-refractivity contribution is 0.0939. The SMILES string of the molecule is CCC(C)NC(=O)c1ccc2nc(Cc3cccc(Cl)c3)oc2c1. The molecule has 24 heavy (non-hydrogen) atoms. The van der Waals surface area contributed by atoms with Gasteiger partial charge in [0.25, 0.3) is 5.91 Å². The summed E-state index contributed by atoms with van der Waals surface area (Å²) in [4.78, 5) is 16.7. The van der Waals surface area contributed by atoms with Crippen molar-refractivity contribution in [3.63, 3.8) is 0 Å². The Hall–Kier alpha value is -2.33. The molecule has 1 N–H and O–H groups in total. The number of carbonyl (C=O) groups is 1. The molecule has 1 unspecified atom stereocenters. The summed E-state index contributed by atoms with van der Waals surface area (Å²) >= 11 is 6.00. The quantitative estimate of drug-likeness (QED) is 0.737. The topological polar surface area (TPSA) is 55.1 Å². The van der Waals surface area contributed by atoms with Crippen LogP contribution in [0.2, 0.25) is 5.02 Å². The molecule has 124 valence electrons. The molecule has 0 aliphatic carbocycles. The molecule has 0 aliphatic rings. The minimum absolute atomic E-state index is 0.0981. The van der Waals surface area contributed by atoms with Crippen LogP contribution in [0.5, 0.6) is 0 Å². The zero-order valence-electron chi connectivity index (χ0n) is 13.7. The van der Waals surface area contributed by atoms with Gasteiger partial charge >= 0.3 is 0 Å². The number of nitrogens with one attached hydrogen (secondary N) is 1. The van der Waals surface area contributed by atoms with Crippen LogP contribution < -0.4 is 5.32 Å². The fraction of sp³-hybridized carbons (Fsp3) is 0.263. The largest absolute Gasteiger partial charge is 0.440 e. The maximum absolute atomic E-state index is 12.2. The summed E-state index contributed by atoms with van der Waals surface area (Å²) in [7, 11) is 0. The standard InChI is InChI=1S/C19H19ClN2O2/c1-3-12(2)21-19(23)14-7-8-16-17(11-14)24-18(22-16)10-13-5-4-6-15(20)9-13/h4-9,11-12H,3,10H2,1-2H3,(H,21,23). The number of halogens is 1. The van der Waals surface area contributed by atoms with E-state index in [-0.39, 0.29) is 11.9 Å². The Morgan fingerprint density at radius 3 is 2.88 bits per heavy atom. The highest BCUT2D eigenvalue weighted by molar-refractivity contribution is 6.30. The molecule has 2 aromatic carbocycles. The van der Waals surface area contributed by atoms with E-state index in [9.17, 15) is 4.79 Å². The molecular weight excluding hydrogens is 324 g/mol. The van der Waals surface area contributed by atoms with E-state index in [0.717, 1.165) is 17.5 Å². The summed E-state index contributed by atoms with van der Waals surface area (Å²) in [5.41, 5.74) is 2.97. The Bertz CT molecular complexity index is 873. The van der Waals surface area contributed by atoms with Gasteiger partial charge in [-0.3, -0.25) is 4.79 Å². The van der Waals surface area contributed by atoms with Gasteiger partial charge in [-0.2, -0.15) is 0 Å². The lowest BCUT2D eigenvalue weighted by Gasteiger charge is -2.10. The predicted octanol–water partition coefficient (Wildman–Crippen LogP) is 4.60. The molecule has 0 saturated heterocycles. The van der Waals surface area contributed by atoms with Crippen molar-refractivity contribution in [1.82, 2.24) is 10.3 Å². The summed E-state index contributed by atoms with van der Waals surface area (Å²) in [5, 5.41) is 3.64. The van der Waals surface area contributed by atoms with Crippen molar-refractivity contribution in [3.8, 4) is 0 Å². The third-order valence-electron chi connectivity index (χ3n) is 3.93. The monoisotopic (exact) mass is 342 g/mol. The number of hydrogen-bond donors (Lipinski definition) is 1. The Morgan fingerprint density at radius 2 is 2.12 bits per heavy atom. The second kappa shape index (κ2) is 7.05. The van der Waals surface area contributed by atoms with Gasteiger partial charge in [0.05, 0.1) is 0 Å². The van der Waals surface area contributed by atoms with Gasteiger partial charge in [-0.05, 0) is 49.2 Å². The molecule has 0 saturated carbocycles. The highest BCUT2D eigenvalue weighted by atomic mass is 35.5. The second-order valence-electron chi connectivity index (χ2n) is 5.88. The minimum Gasteiger partial charge on any atom is -0.440 e. The Balaban J connectivity index is 1.82. The maximum Gasteiger partial charge on any atom is 0.251 e. The number of aromatic nitrogens is 1. The second-order valence-corrected chi connectivity index (χ2v) is 6.32. The van der Waals surface area contributed by atoms with Gasteiger partial charge in [0.1, 0.15) is 5.52 Å². The molecule has 0 bridgehead atoms. The van der Waals surface area contributed by atoms with Crippen LogP contribution in [0.15, 0.2) is 46.9 Å². The van der Waals surface area contributed by atoms with Crippen LogP contribution in [-0.2, 0) is 6.42 Å². The van der Waals surface area contributed by atoms with Gasteiger partial charge in [-0.25, -0.2) is 4.98 Å². The molecule has 0 radical (unpaired) electrons. The van der Waals surface area contributed by atoms with Crippen molar-refractivity contribution >= 4 is 28.6 Å². The van der Waals surface area contributed by atoms with Gasteiger partial charge in [0, 0.05) is 23.0 Å². The number of benzene rings is 2. The lowest BCUT2D eigenvalue weighted by atomic mass is 10.1. The van der Waals surface area contributed by atoms with E-state index in [1.807, 2.05) is 44.2 Å². The zero-order chi connectivity index (χ0) is 17.1. The van der Waals surface area contributed by atoms with Crippen LogP contribution >= 0.6 is 11.6 Å². The Labute approximate surface area is 145 Å². The first-order valence-electron chi connectivity index (χ1n) is 8.00. The van der Waals surface area contributed by atoms with E-state index in [1.165, 1.54) is 0 Å². The Morgan fingerprint density at radius 1 is 1.29 bits per heavy atom. The molecule has 1 aromatic heterocycles. The maximum atomic E-state index is 12.2. The number of oxazole rings is 1. The number of carbonyl (C=O) groups excluding carboxylic acids is 1. The first-order chi connectivity index (χ1) is 11.5. The molecule has 4 nitrogen and oxygen atoms in total. The van der Waals surface area contributed by atoms with Crippen molar-refractivity contribution < 1.29 is 9.21 Å². The molecule has 3 aromatic rings. The molecule has 3 rings (SSSR count). The molecule has 0 aliphatic heterocycles. The molecule has 0 fully saturated rings. The summed E-state index contributed by atoms with van der Waals surface area (Å²) in [5.74, 6) is 0.505. The molecule has 1 atom stereocenters. The normalized spacial score (nSPS) is 12.3. The van der Waals surface area contributed by atoms with Crippen LogP contribution in [0.1, 0.15) is 42.1 Å². The van der Waals surface area contributed by atoms with E-state index < -0.39 is 0 Å². The summed E-state index contributed by atoms with van der Waals surface area (Å²) in [6.45, 7) is 4.01. The summed E-state index contributed by atoms with van der Waals surface area (Å²) < 4.78 is 5.80. The fourth-order valence-electron chi connectivity index (χ4n) is 2.42. The van der Waals surface area contributed by atoms with Gasteiger partial charge < -0.3 is 9.73 Å². The van der Waals surface area contributed by atoms with Crippen molar-refractivity contribution in [3.05, 3.63) is 64.5 Å². The lowest BCUT2D eigenvalue weighted by Crippen LogP contribution is -2.31. The van der Waals surface area contributed by atoms with Crippen molar-refractivity contribution in [2.45, 2.75) is 32.7 Å². The van der Waals surface area contributed by atoms with Gasteiger partial charge in [-0.15, -0.1) is 0 Å². The highest BCUT2D eigenvalue weighted by Crippen LogP contribution is 2.20. The van der Waals surface area contributed by atoms with E-state index in [0.29, 0.717) is 28.5 Å². The van der Waals surface area contributed by atoms with Crippen LogP contribution in [0.25, 0.3) is 11.1 Å². The number of nitrogens with zero attached hydrogens (tertiary/aromatic N) is 1. The van der Waals surface area contributed by atoms with Crippen LogP contribution in [0.3, 0.4) is 0 Å². The molecule has 1 heterocycles. The third-order valence-corrected chi connectivity index (χ3v) is 4.16. The Kier molecular flexibility index (Phi) is 4.86. The number of hydrogen-bond acceptors (Lipinski definition) is 3. The van der Waals surface area contributed by atoms with E-state index in [2.05, 4.69) is 10.3 Å². The summed E-state index contributed by atoms with van der Waals surface area (Å²) in [6, 6.07) is 13.1. The van der Waals surface area contributed by atoms with Crippen LogP contribution in [0.4, 0.5) is 0 Å². The minimum atomic E-state index is -0.0981. The average molecular weight is 343 g/mol.